The second-order valence-electron chi connectivity index (χ2n) is 9.82. The summed E-state index contributed by atoms with van der Waals surface area (Å²) < 4.78 is 10.8. The van der Waals surface area contributed by atoms with Crippen LogP contribution in [-0.2, 0) is 28.9 Å². The Bertz CT molecular complexity index is 1090. The van der Waals surface area contributed by atoms with E-state index in [0.29, 0.717) is 12.8 Å². The molecule has 8 nitrogen and oxygen atoms in total. The van der Waals surface area contributed by atoms with Crippen molar-refractivity contribution < 1.29 is 24.2 Å². The average Bonchev–Trinajstić information content (AvgIpc) is 3.36. The highest BCUT2D eigenvalue weighted by atomic mass is 32.1. The Kier molecular flexibility index (Phi) is 10.5. The van der Waals surface area contributed by atoms with Crippen molar-refractivity contribution in [3.8, 4) is 0 Å². The fourth-order valence-corrected chi connectivity index (χ4v) is 4.32. The van der Waals surface area contributed by atoms with E-state index in [1.54, 1.807) is 32.5 Å². The van der Waals surface area contributed by atoms with Gasteiger partial charge in [0.1, 0.15) is 12.2 Å². The van der Waals surface area contributed by atoms with Gasteiger partial charge in [0.05, 0.1) is 22.5 Å². The Hall–Kier alpha value is -3.43. The summed E-state index contributed by atoms with van der Waals surface area (Å²) in [6.07, 6.45) is 0.568. The summed E-state index contributed by atoms with van der Waals surface area (Å²) in [6, 6.07) is 18.2. The van der Waals surface area contributed by atoms with Gasteiger partial charge in [-0.15, -0.1) is 11.3 Å². The van der Waals surface area contributed by atoms with Crippen molar-refractivity contribution in [1.29, 1.82) is 0 Å². The van der Waals surface area contributed by atoms with Crippen LogP contribution in [0.3, 0.4) is 0 Å². The number of amides is 2. The smallest absolute Gasteiger partial charge is 0.407 e. The number of nitrogens with zero attached hydrogens (tertiary/aromatic N) is 1. The molecule has 0 saturated carbocycles. The summed E-state index contributed by atoms with van der Waals surface area (Å²) in [7, 11) is 0. The van der Waals surface area contributed by atoms with Crippen molar-refractivity contribution in [1.82, 2.24) is 15.6 Å². The number of benzene rings is 2. The van der Waals surface area contributed by atoms with Gasteiger partial charge < -0.3 is 25.2 Å². The molecule has 3 unspecified atom stereocenters. The van der Waals surface area contributed by atoms with Gasteiger partial charge in [-0.2, -0.15) is 0 Å². The fourth-order valence-electron chi connectivity index (χ4n) is 3.82. The molecule has 0 bridgehead atoms. The third-order valence-corrected chi connectivity index (χ3v) is 6.22. The third-order valence-electron chi connectivity index (χ3n) is 5.47. The quantitative estimate of drug-likeness (QED) is 0.330. The maximum absolute atomic E-state index is 12.6. The lowest BCUT2D eigenvalue weighted by atomic mass is 9.94. The maximum atomic E-state index is 12.6. The number of alkyl carbamates (subject to hydrolysis) is 2. The summed E-state index contributed by atoms with van der Waals surface area (Å²) >= 11 is 1.40. The molecule has 198 valence electrons. The molecule has 3 N–H and O–H groups in total. The van der Waals surface area contributed by atoms with Crippen LogP contribution in [0.5, 0.6) is 0 Å². The van der Waals surface area contributed by atoms with E-state index in [-0.39, 0.29) is 13.0 Å². The molecule has 37 heavy (non-hydrogen) atoms. The number of thiazole rings is 1. The molecule has 9 heteroatoms. The topological polar surface area (TPSA) is 110 Å². The van der Waals surface area contributed by atoms with Gasteiger partial charge in [-0.05, 0) is 51.2 Å². The average molecular weight is 526 g/mol. The van der Waals surface area contributed by atoms with Crippen LogP contribution in [0.15, 0.2) is 72.4 Å². The predicted molar refractivity (Wildman–Crippen MR) is 143 cm³/mol. The lowest BCUT2D eigenvalue weighted by Crippen LogP contribution is -2.49. The van der Waals surface area contributed by atoms with E-state index >= 15 is 0 Å². The molecule has 0 aliphatic carbocycles. The van der Waals surface area contributed by atoms with Gasteiger partial charge in [-0.3, -0.25) is 4.98 Å². The van der Waals surface area contributed by atoms with Crippen molar-refractivity contribution in [3.05, 3.63) is 88.4 Å². The van der Waals surface area contributed by atoms with Gasteiger partial charge >= 0.3 is 12.2 Å². The molecular formula is C28H35N3O5S. The van der Waals surface area contributed by atoms with Crippen molar-refractivity contribution in [2.45, 2.75) is 70.4 Å². The number of aromatic nitrogens is 1. The summed E-state index contributed by atoms with van der Waals surface area (Å²) in [6.45, 7) is 5.47. The van der Waals surface area contributed by atoms with Crippen LogP contribution in [0.2, 0.25) is 0 Å². The van der Waals surface area contributed by atoms with Gasteiger partial charge in [-0.25, -0.2) is 9.59 Å². The van der Waals surface area contributed by atoms with Crippen molar-refractivity contribution in [2.24, 2.45) is 0 Å². The minimum atomic E-state index is -0.969. The highest BCUT2D eigenvalue weighted by Gasteiger charge is 2.28. The van der Waals surface area contributed by atoms with Gasteiger partial charge in [-0.1, -0.05) is 60.7 Å². The van der Waals surface area contributed by atoms with Crippen LogP contribution in [0, 0.1) is 0 Å². The Balaban J connectivity index is 1.71. The Morgan fingerprint density at radius 2 is 1.57 bits per heavy atom. The summed E-state index contributed by atoms with van der Waals surface area (Å²) in [5.41, 5.74) is 2.96. The molecule has 0 aliphatic heterocycles. The number of carbonyl (C=O) groups is 2. The van der Waals surface area contributed by atoms with Crippen molar-refractivity contribution in [3.63, 3.8) is 0 Å². The lowest BCUT2D eigenvalue weighted by Gasteiger charge is -2.29. The first-order valence-corrected chi connectivity index (χ1v) is 13.1. The number of nitrogens with one attached hydrogen (secondary N) is 2. The number of rotatable bonds is 11. The van der Waals surface area contributed by atoms with Crippen molar-refractivity contribution in [2.75, 3.05) is 0 Å². The van der Waals surface area contributed by atoms with Crippen LogP contribution >= 0.6 is 11.3 Å². The van der Waals surface area contributed by atoms with Gasteiger partial charge in [0.25, 0.3) is 0 Å². The lowest BCUT2D eigenvalue weighted by molar-refractivity contribution is 0.0398. The standard InChI is InChI=1S/C28H35N3O5S/c1-28(2,3)36-27(34)31-24(15-21-12-8-5-9-13-21)25(32)16-22(14-20-10-6-4-7-11-20)30-26(33)35-18-23-17-29-19-37-23/h4-13,17,19,22,24-25,32H,14-16,18H2,1-3H3,(H,30,33)(H,31,34). The van der Waals surface area contributed by atoms with E-state index in [1.165, 1.54) is 11.3 Å². The fraction of sp³-hybridized carbons (Fsp3) is 0.393. The molecule has 1 heterocycles. The minimum absolute atomic E-state index is 0.119. The Morgan fingerprint density at radius 3 is 2.14 bits per heavy atom. The van der Waals surface area contributed by atoms with Gasteiger partial charge in [0.15, 0.2) is 0 Å². The van der Waals surface area contributed by atoms with Crippen LogP contribution in [0.4, 0.5) is 9.59 Å². The molecule has 0 radical (unpaired) electrons. The first-order chi connectivity index (χ1) is 17.7. The van der Waals surface area contributed by atoms with E-state index in [9.17, 15) is 14.7 Å². The molecule has 3 aromatic rings. The Morgan fingerprint density at radius 1 is 0.946 bits per heavy atom. The summed E-state index contributed by atoms with van der Waals surface area (Å²) in [5, 5.41) is 17.0. The van der Waals surface area contributed by atoms with E-state index in [4.69, 9.17) is 9.47 Å². The number of hydrogen-bond donors (Lipinski definition) is 3. The largest absolute Gasteiger partial charge is 0.444 e. The third kappa shape index (κ3) is 10.6. The van der Waals surface area contributed by atoms with Gasteiger partial charge in [0.2, 0.25) is 0 Å². The zero-order chi connectivity index (χ0) is 26.7. The number of aliphatic hydroxyl groups excluding tert-OH is 1. The van der Waals surface area contributed by atoms with Crippen LogP contribution in [0.25, 0.3) is 0 Å². The molecule has 1 aromatic heterocycles. The highest BCUT2D eigenvalue weighted by molar-refractivity contribution is 7.09. The predicted octanol–water partition coefficient (Wildman–Crippen LogP) is 4.87. The zero-order valence-electron chi connectivity index (χ0n) is 21.4. The first kappa shape index (κ1) is 28.1. The van der Waals surface area contributed by atoms with E-state index in [0.717, 1.165) is 16.0 Å². The Labute approximate surface area is 222 Å². The molecular weight excluding hydrogens is 490 g/mol. The van der Waals surface area contributed by atoms with Crippen molar-refractivity contribution >= 4 is 23.5 Å². The number of carbonyl (C=O) groups excluding carboxylic acids is 2. The summed E-state index contributed by atoms with van der Waals surface area (Å²) in [4.78, 5) is 30.0. The molecule has 2 amide bonds. The van der Waals surface area contributed by atoms with E-state index < -0.39 is 36.0 Å². The molecule has 3 rings (SSSR count). The number of ether oxygens (including phenoxy) is 2. The summed E-state index contributed by atoms with van der Waals surface area (Å²) in [5.74, 6) is 0. The molecule has 2 aromatic carbocycles. The molecule has 0 saturated heterocycles. The number of hydrogen-bond acceptors (Lipinski definition) is 7. The normalized spacial score (nSPS) is 13.7. The second kappa shape index (κ2) is 13.8. The first-order valence-electron chi connectivity index (χ1n) is 12.2. The monoisotopic (exact) mass is 525 g/mol. The zero-order valence-corrected chi connectivity index (χ0v) is 22.2. The molecule has 0 aliphatic rings. The SMILES string of the molecule is CC(C)(C)OC(=O)NC(Cc1ccccc1)C(O)CC(Cc1ccccc1)NC(=O)OCc1cncs1. The maximum Gasteiger partial charge on any atom is 0.407 e. The van der Waals surface area contributed by atoms with E-state index in [2.05, 4.69) is 15.6 Å². The molecule has 0 fully saturated rings. The number of aliphatic hydroxyl groups is 1. The van der Waals surface area contributed by atoms with Crippen LogP contribution < -0.4 is 10.6 Å². The minimum Gasteiger partial charge on any atom is -0.444 e. The highest BCUT2D eigenvalue weighted by Crippen LogP contribution is 2.16. The second-order valence-corrected chi connectivity index (χ2v) is 10.8. The van der Waals surface area contributed by atoms with Crippen LogP contribution in [0.1, 0.15) is 43.2 Å². The van der Waals surface area contributed by atoms with Gasteiger partial charge in [0, 0.05) is 12.2 Å². The van der Waals surface area contributed by atoms with Crippen LogP contribution in [-0.4, -0.2) is 46.1 Å². The molecule has 3 atom stereocenters. The molecule has 0 spiro atoms. The van der Waals surface area contributed by atoms with E-state index in [1.807, 2.05) is 60.7 Å².